The summed E-state index contributed by atoms with van der Waals surface area (Å²) in [7, 11) is 1.72. The van der Waals surface area contributed by atoms with Gasteiger partial charge in [0.15, 0.2) is 0 Å². The number of fused-ring (bicyclic) bond motifs is 2. The highest BCUT2D eigenvalue weighted by atomic mass is 16.5. The molecule has 3 saturated heterocycles. The van der Waals surface area contributed by atoms with Gasteiger partial charge in [0.05, 0.1) is 12.1 Å². The van der Waals surface area contributed by atoms with Gasteiger partial charge in [0.25, 0.3) is 5.91 Å². The summed E-state index contributed by atoms with van der Waals surface area (Å²) < 4.78 is 17.6. The second kappa shape index (κ2) is 12.3. The van der Waals surface area contributed by atoms with Gasteiger partial charge in [0.2, 0.25) is 11.8 Å². The Kier molecular flexibility index (Phi) is 8.05. The lowest BCUT2D eigenvalue weighted by Gasteiger charge is -2.29. The quantitative estimate of drug-likeness (QED) is 0.393. The molecular weight excluding hydrogens is 560 g/mol. The summed E-state index contributed by atoms with van der Waals surface area (Å²) in [5.74, 6) is 0.485. The minimum atomic E-state index is -0.633. The van der Waals surface area contributed by atoms with Crippen LogP contribution in [0.25, 0.3) is 10.9 Å². The molecule has 1 N–H and O–H groups in total. The molecule has 4 aliphatic heterocycles. The van der Waals surface area contributed by atoms with Crippen molar-refractivity contribution in [2.75, 3.05) is 40.0 Å². The smallest absolute Gasteiger partial charge is 0.255 e. The van der Waals surface area contributed by atoms with E-state index in [2.05, 4.69) is 40.5 Å². The van der Waals surface area contributed by atoms with Crippen molar-refractivity contribution in [3.8, 4) is 5.75 Å². The number of likely N-dealkylation sites (tertiary alicyclic amines) is 1. The summed E-state index contributed by atoms with van der Waals surface area (Å²) in [5.41, 5.74) is 4.84. The molecule has 230 valence electrons. The zero-order chi connectivity index (χ0) is 30.2. The van der Waals surface area contributed by atoms with Crippen LogP contribution < -0.4 is 10.1 Å². The maximum absolute atomic E-state index is 13.1. The first-order valence-electron chi connectivity index (χ1n) is 15.6. The molecular formula is C34H38N4O6. The summed E-state index contributed by atoms with van der Waals surface area (Å²) in [6.45, 7) is 4.94. The fourth-order valence-electron chi connectivity index (χ4n) is 7.13. The Labute approximate surface area is 256 Å². The molecule has 1 aromatic heterocycles. The first kappa shape index (κ1) is 28.9. The second-order valence-electron chi connectivity index (χ2n) is 12.4. The first-order valence-corrected chi connectivity index (χ1v) is 15.6. The largest absolute Gasteiger partial charge is 0.489 e. The number of amides is 3. The van der Waals surface area contributed by atoms with E-state index in [1.807, 2.05) is 12.1 Å². The number of aromatic nitrogens is 1. The van der Waals surface area contributed by atoms with Crippen LogP contribution in [0.3, 0.4) is 0 Å². The van der Waals surface area contributed by atoms with Gasteiger partial charge in [-0.25, -0.2) is 0 Å². The van der Waals surface area contributed by atoms with E-state index in [0.29, 0.717) is 36.8 Å². The zero-order valence-electron chi connectivity index (χ0n) is 25.0. The third-order valence-electron chi connectivity index (χ3n) is 9.44. The Morgan fingerprint density at radius 1 is 1.00 bits per heavy atom. The Hall–Kier alpha value is -3.86. The van der Waals surface area contributed by atoms with Crippen molar-refractivity contribution in [3.05, 3.63) is 70.9 Å². The molecule has 3 aromatic rings. The van der Waals surface area contributed by atoms with Crippen LogP contribution in [0, 0.1) is 5.92 Å². The normalized spacial score (nSPS) is 24.6. The van der Waals surface area contributed by atoms with Gasteiger partial charge < -0.3 is 19.1 Å². The number of piperidine rings is 1. The number of imide groups is 1. The molecule has 2 aromatic carbocycles. The predicted molar refractivity (Wildman–Crippen MR) is 162 cm³/mol. The average Bonchev–Trinajstić information content (AvgIpc) is 3.56. The van der Waals surface area contributed by atoms with Crippen LogP contribution in [0.15, 0.2) is 48.5 Å². The van der Waals surface area contributed by atoms with E-state index in [1.165, 1.54) is 5.56 Å². The lowest BCUT2D eigenvalue weighted by atomic mass is 9.95. The van der Waals surface area contributed by atoms with Gasteiger partial charge in [0, 0.05) is 81.4 Å². The molecule has 44 heavy (non-hydrogen) atoms. The molecule has 0 aliphatic carbocycles. The van der Waals surface area contributed by atoms with Gasteiger partial charge in [-0.1, -0.05) is 12.1 Å². The van der Waals surface area contributed by atoms with Crippen LogP contribution in [-0.2, 0) is 32.2 Å². The van der Waals surface area contributed by atoms with E-state index < -0.39 is 11.9 Å². The third kappa shape index (κ3) is 5.81. The SMILES string of the molecule is COC[C@@H]1CN(Cc2ccc3nc(C4CCOCC4)ccc3c2)C[C@H]1Oc1ccc2c(c1)CN(C1CCC(=O)NC1=O)C2=O. The Morgan fingerprint density at radius 2 is 1.86 bits per heavy atom. The molecule has 0 saturated carbocycles. The number of carbonyl (C=O) groups excluding carboxylic acids is 3. The van der Waals surface area contributed by atoms with E-state index in [1.54, 1.807) is 18.1 Å². The highest BCUT2D eigenvalue weighted by Gasteiger charge is 2.40. The highest BCUT2D eigenvalue weighted by Crippen LogP contribution is 2.33. The molecule has 1 unspecified atom stereocenters. The van der Waals surface area contributed by atoms with Crippen molar-refractivity contribution in [3.63, 3.8) is 0 Å². The van der Waals surface area contributed by atoms with Gasteiger partial charge >= 0.3 is 0 Å². The van der Waals surface area contributed by atoms with Crippen molar-refractivity contribution in [2.45, 2.75) is 56.8 Å². The Balaban J connectivity index is 1.01. The maximum Gasteiger partial charge on any atom is 0.255 e. The Morgan fingerprint density at radius 3 is 2.68 bits per heavy atom. The van der Waals surface area contributed by atoms with Crippen LogP contribution >= 0.6 is 0 Å². The van der Waals surface area contributed by atoms with Crippen LogP contribution in [0.5, 0.6) is 5.75 Å². The maximum atomic E-state index is 13.1. The van der Waals surface area contributed by atoms with Gasteiger partial charge in [-0.3, -0.25) is 29.6 Å². The van der Waals surface area contributed by atoms with E-state index in [9.17, 15) is 14.4 Å². The Bertz CT molecular complexity index is 1590. The molecule has 0 spiro atoms. The monoisotopic (exact) mass is 598 g/mol. The van der Waals surface area contributed by atoms with Crippen molar-refractivity contribution in [1.82, 2.24) is 20.1 Å². The summed E-state index contributed by atoms with van der Waals surface area (Å²) in [6, 6.07) is 15.8. The predicted octanol–water partition coefficient (Wildman–Crippen LogP) is 3.42. The van der Waals surface area contributed by atoms with Crippen molar-refractivity contribution in [2.24, 2.45) is 5.92 Å². The highest BCUT2D eigenvalue weighted by molar-refractivity contribution is 6.05. The van der Waals surface area contributed by atoms with E-state index in [0.717, 1.165) is 67.8 Å². The zero-order valence-corrected chi connectivity index (χ0v) is 25.0. The summed E-state index contributed by atoms with van der Waals surface area (Å²) in [5, 5.41) is 3.51. The number of hydrogen-bond acceptors (Lipinski definition) is 8. The van der Waals surface area contributed by atoms with E-state index >= 15 is 0 Å². The van der Waals surface area contributed by atoms with Crippen molar-refractivity contribution in [1.29, 1.82) is 0 Å². The number of nitrogens with zero attached hydrogens (tertiary/aromatic N) is 3. The number of methoxy groups -OCH3 is 1. The molecule has 0 bridgehead atoms. The number of carbonyl (C=O) groups is 3. The molecule has 10 nitrogen and oxygen atoms in total. The lowest BCUT2D eigenvalue weighted by molar-refractivity contribution is -0.136. The molecule has 3 atom stereocenters. The summed E-state index contributed by atoms with van der Waals surface area (Å²) in [4.78, 5) is 46.0. The number of pyridine rings is 1. The molecule has 3 fully saturated rings. The number of hydrogen-bond donors (Lipinski definition) is 1. The van der Waals surface area contributed by atoms with E-state index in [-0.39, 0.29) is 30.3 Å². The van der Waals surface area contributed by atoms with E-state index in [4.69, 9.17) is 19.2 Å². The minimum Gasteiger partial charge on any atom is -0.489 e. The molecule has 4 aliphatic rings. The summed E-state index contributed by atoms with van der Waals surface area (Å²) >= 11 is 0. The molecule has 0 radical (unpaired) electrons. The standard InChI is InChI=1S/C34H38N4O6/c1-42-20-25-17-37(16-21-2-6-29-23(14-21)3-7-28(35-29)22-10-12-43-13-11-22)19-31(25)44-26-4-5-27-24(15-26)18-38(34(27)41)30-8-9-32(39)36-33(30)40/h2-7,14-15,22,25,30-31H,8-13,16-20H2,1H3,(H,36,39,40)/t25-,30?,31+/m0/s1. The van der Waals surface area contributed by atoms with Crippen LogP contribution in [0.2, 0.25) is 0 Å². The lowest BCUT2D eigenvalue weighted by Crippen LogP contribution is -2.52. The van der Waals surface area contributed by atoms with Crippen LogP contribution in [-0.4, -0.2) is 84.7 Å². The summed E-state index contributed by atoms with van der Waals surface area (Å²) in [6.07, 6.45) is 2.57. The van der Waals surface area contributed by atoms with Crippen molar-refractivity contribution < 1.29 is 28.6 Å². The second-order valence-corrected chi connectivity index (χ2v) is 12.4. The topological polar surface area (TPSA) is 110 Å². The van der Waals surface area contributed by atoms with Crippen LogP contribution in [0.4, 0.5) is 0 Å². The minimum absolute atomic E-state index is 0.0690. The van der Waals surface area contributed by atoms with Gasteiger partial charge in [0.1, 0.15) is 17.9 Å². The number of benzene rings is 2. The van der Waals surface area contributed by atoms with Gasteiger partial charge in [-0.05, 0) is 66.8 Å². The van der Waals surface area contributed by atoms with Crippen LogP contribution in [0.1, 0.15) is 58.8 Å². The average molecular weight is 599 g/mol. The van der Waals surface area contributed by atoms with Gasteiger partial charge in [-0.2, -0.15) is 0 Å². The fourth-order valence-corrected chi connectivity index (χ4v) is 7.13. The molecule has 3 amide bonds. The number of ether oxygens (including phenoxy) is 3. The van der Waals surface area contributed by atoms with Crippen molar-refractivity contribution >= 4 is 28.6 Å². The third-order valence-corrected chi connectivity index (χ3v) is 9.44. The molecule has 7 rings (SSSR count). The fraction of sp³-hybridized carbons (Fsp3) is 0.471. The molecule has 10 heteroatoms. The number of rotatable bonds is 8. The number of nitrogens with one attached hydrogen (secondary N) is 1. The first-order chi connectivity index (χ1) is 21.4. The molecule has 5 heterocycles. The van der Waals surface area contributed by atoms with Gasteiger partial charge in [-0.15, -0.1) is 0 Å².